The summed E-state index contributed by atoms with van der Waals surface area (Å²) < 4.78 is 28.1. The van der Waals surface area contributed by atoms with Crippen LogP contribution < -0.4 is 10.6 Å². The standard InChI is InChI=1S/C14H15F2N3OS/c1-19(5-4-10-3-2-6-21-10)13-11(15)7-9(8-12(13)16)14(17)18-20/h2-3,6-8,20H,4-5H2,1H3,(H2,17,18). The summed E-state index contributed by atoms with van der Waals surface area (Å²) >= 11 is 1.60. The van der Waals surface area contributed by atoms with Crippen LogP contribution in [-0.4, -0.2) is 24.6 Å². The van der Waals surface area contributed by atoms with Gasteiger partial charge in [-0.2, -0.15) is 0 Å². The van der Waals surface area contributed by atoms with Crippen molar-refractivity contribution in [1.29, 1.82) is 0 Å². The van der Waals surface area contributed by atoms with Crippen molar-refractivity contribution >= 4 is 22.9 Å². The second kappa shape index (κ2) is 6.53. The molecular weight excluding hydrogens is 296 g/mol. The Morgan fingerprint density at radius 3 is 2.57 bits per heavy atom. The summed E-state index contributed by atoms with van der Waals surface area (Å²) in [4.78, 5) is 2.66. The summed E-state index contributed by atoms with van der Waals surface area (Å²) in [5, 5.41) is 13.2. The number of thiophene rings is 1. The van der Waals surface area contributed by atoms with E-state index in [1.165, 1.54) is 4.90 Å². The molecule has 4 nitrogen and oxygen atoms in total. The number of likely N-dealkylation sites (N-methyl/N-ethyl adjacent to an activating group) is 1. The van der Waals surface area contributed by atoms with Crippen molar-refractivity contribution in [3.8, 4) is 0 Å². The van der Waals surface area contributed by atoms with E-state index in [2.05, 4.69) is 5.16 Å². The largest absolute Gasteiger partial charge is 0.409 e. The van der Waals surface area contributed by atoms with E-state index in [4.69, 9.17) is 10.9 Å². The minimum Gasteiger partial charge on any atom is -0.409 e. The molecule has 1 heterocycles. The van der Waals surface area contributed by atoms with Gasteiger partial charge in [0, 0.05) is 24.0 Å². The minimum atomic E-state index is -0.745. The lowest BCUT2D eigenvalue weighted by atomic mass is 10.1. The van der Waals surface area contributed by atoms with Crippen molar-refractivity contribution < 1.29 is 14.0 Å². The number of nitrogens with two attached hydrogens (primary N) is 1. The van der Waals surface area contributed by atoms with Gasteiger partial charge in [0.25, 0.3) is 0 Å². The van der Waals surface area contributed by atoms with E-state index in [9.17, 15) is 8.78 Å². The molecule has 0 fully saturated rings. The highest BCUT2D eigenvalue weighted by atomic mass is 32.1. The van der Waals surface area contributed by atoms with Gasteiger partial charge < -0.3 is 15.8 Å². The highest BCUT2D eigenvalue weighted by Crippen LogP contribution is 2.24. The Bertz CT molecular complexity index is 621. The fourth-order valence-corrected chi connectivity index (χ4v) is 2.68. The van der Waals surface area contributed by atoms with Gasteiger partial charge in [-0.05, 0) is 30.0 Å². The predicted octanol–water partition coefficient (Wildman–Crippen LogP) is 2.80. The first-order valence-corrected chi connectivity index (χ1v) is 7.11. The Morgan fingerprint density at radius 2 is 2.05 bits per heavy atom. The molecule has 7 heteroatoms. The number of rotatable bonds is 5. The van der Waals surface area contributed by atoms with Gasteiger partial charge in [-0.25, -0.2) is 8.78 Å². The van der Waals surface area contributed by atoms with Crippen molar-refractivity contribution in [2.24, 2.45) is 10.9 Å². The fraction of sp³-hybridized carbons (Fsp3) is 0.214. The number of anilines is 1. The molecule has 2 aromatic rings. The van der Waals surface area contributed by atoms with Gasteiger partial charge in [0.05, 0.1) is 0 Å². The summed E-state index contributed by atoms with van der Waals surface area (Å²) in [5.74, 6) is -1.82. The van der Waals surface area contributed by atoms with Gasteiger partial charge in [-0.15, -0.1) is 11.3 Å². The molecule has 0 spiro atoms. The molecule has 3 N–H and O–H groups in total. The number of hydrogen-bond donors (Lipinski definition) is 2. The van der Waals surface area contributed by atoms with E-state index >= 15 is 0 Å². The fourth-order valence-electron chi connectivity index (χ4n) is 1.98. The molecule has 1 aromatic heterocycles. The van der Waals surface area contributed by atoms with Gasteiger partial charge in [0.1, 0.15) is 17.3 Å². The zero-order valence-corrected chi connectivity index (χ0v) is 12.2. The molecule has 0 atom stereocenters. The van der Waals surface area contributed by atoms with Crippen LogP contribution in [0.5, 0.6) is 0 Å². The van der Waals surface area contributed by atoms with Crippen LogP contribution in [0.3, 0.4) is 0 Å². The number of benzene rings is 1. The third kappa shape index (κ3) is 3.49. The normalized spacial score (nSPS) is 11.7. The van der Waals surface area contributed by atoms with E-state index < -0.39 is 11.6 Å². The van der Waals surface area contributed by atoms with Gasteiger partial charge in [-0.1, -0.05) is 11.2 Å². The van der Waals surface area contributed by atoms with Gasteiger partial charge in [0.15, 0.2) is 5.84 Å². The second-order valence-corrected chi connectivity index (χ2v) is 5.56. The van der Waals surface area contributed by atoms with Crippen molar-refractivity contribution in [2.75, 3.05) is 18.5 Å². The Kier molecular flexibility index (Phi) is 4.74. The SMILES string of the molecule is CN(CCc1cccs1)c1c(F)cc(/C(N)=N/O)cc1F. The third-order valence-corrected chi connectivity index (χ3v) is 4.01. The molecule has 21 heavy (non-hydrogen) atoms. The average Bonchev–Trinajstić information content (AvgIpc) is 2.96. The van der Waals surface area contributed by atoms with Crippen LogP contribution >= 0.6 is 11.3 Å². The number of nitrogens with zero attached hydrogens (tertiary/aromatic N) is 2. The van der Waals surface area contributed by atoms with E-state index in [1.807, 2.05) is 17.5 Å². The monoisotopic (exact) mass is 311 g/mol. The number of oxime groups is 1. The van der Waals surface area contributed by atoms with Crippen LogP contribution in [-0.2, 0) is 6.42 Å². The van der Waals surface area contributed by atoms with Crippen LogP contribution in [0.1, 0.15) is 10.4 Å². The molecule has 0 unspecified atom stereocenters. The molecule has 0 radical (unpaired) electrons. The Labute approximate surface area is 125 Å². The van der Waals surface area contributed by atoms with E-state index in [0.717, 1.165) is 17.0 Å². The van der Waals surface area contributed by atoms with Gasteiger partial charge in [-0.3, -0.25) is 0 Å². The van der Waals surface area contributed by atoms with Gasteiger partial charge >= 0.3 is 0 Å². The minimum absolute atomic E-state index is 0.00269. The number of hydrogen-bond acceptors (Lipinski definition) is 4. The van der Waals surface area contributed by atoms with Gasteiger partial charge in [0.2, 0.25) is 0 Å². The molecular formula is C14H15F2N3OS. The number of halogens is 2. The quantitative estimate of drug-likeness (QED) is 0.386. The summed E-state index contributed by atoms with van der Waals surface area (Å²) in [7, 11) is 1.62. The maximum Gasteiger partial charge on any atom is 0.170 e. The summed E-state index contributed by atoms with van der Waals surface area (Å²) in [6.07, 6.45) is 0.703. The molecule has 1 aromatic carbocycles. The third-order valence-electron chi connectivity index (χ3n) is 3.08. The molecule has 0 aliphatic heterocycles. The topological polar surface area (TPSA) is 61.8 Å². The molecule has 2 rings (SSSR count). The maximum atomic E-state index is 14.1. The summed E-state index contributed by atoms with van der Waals surface area (Å²) in [6.45, 7) is 0.483. The van der Waals surface area contributed by atoms with Crippen LogP contribution in [0.4, 0.5) is 14.5 Å². The van der Waals surface area contributed by atoms with Crippen LogP contribution in [0.25, 0.3) is 0 Å². The molecule has 0 amide bonds. The van der Waals surface area contributed by atoms with Crippen LogP contribution in [0, 0.1) is 11.6 Å². The lowest BCUT2D eigenvalue weighted by Crippen LogP contribution is -2.23. The summed E-state index contributed by atoms with van der Waals surface area (Å²) in [5.41, 5.74) is 5.21. The molecule has 0 aliphatic rings. The van der Waals surface area contributed by atoms with E-state index in [0.29, 0.717) is 13.0 Å². The zero-order chi connectivity index (χ0) is 15.4. The first-order chi connectivity index (χ1) is 10.0. The lowest BCUT2D eigenvalue weighted by Gasteiger charge is -2.20. The Morgan fingerprint density at radius 1 is 1.38 bits per heavy atom. The van der Waals surface area contributed by atoms with Crippen molar-refractivity contribution in [3.05, 3.63) is 51.7 Å². The van der Waals surface area contributed by atoms with Crippen LogP contribution in [0.15, 0.2) is 34.8 Å². The molecule has 0 bridgehead atoms. The average molecular weight is 311 g/mol. The molecule has 0 saturated heterocycles. The first-order valence-electron chi connectivity index (χ1n) is 6.23. The van der Waals surface area contributed by atoms with E-state index in [-0.39, 0.29) is 17.1 Å². The highest BCUT2D eigenvalue weighted by Gasteiger charge is 2.16. The zero-order valence-electron chi connectivity index (χ0n) is 11.4. The number of amidine groups is 1. The maximum absolute atomic E-state index is 14.1. The van der Waals surface area contributed by atoms with E-state index in [1.54, 1.807) is 18.4 Å². The Balaban J connectivity index is 2.19. The summed E-state index contributed by atoms with van der Waals surface area (Å²) in [6, 6.07) is 6.02. The van der Waals surface area contributed by atoms with Crippen molar-refractivity contribution in [2.45, 2.75) is 6.42 Å². The predicted molar refractivity (Wildman–Crippen MR) is 80.2 cm³/mol. The molecule has 0 saturated carbocycles. The molecule has 112 valence electrons. The van der Waals surface area contributed by atoms with Crippen molar-refractivity contribution in [1.82, 2.24) is 0 Å². The van der Waals surface area contributed by atoms with Crippen molar-refractivity contribution in [3.63, 3.8) is 0 Å². The first kappa shape index (κ1) is 15.2. The highest BCUT2D eigenvalue weighted by molar-refractivity contribution is 7.09. The lowest BCUT2D eigenvalue weighted by molar-refractivity contribution is 0.318. The van der Waals surface area contributed by atoms with Crippen LogP contribution in [0.2, 0.25) is 0 Å². The smallest absolute Gasteiger partial charge is 0.170 e. The Hall–Kier alpha value is -2.15. The second-order valence-electron chi connectivity index (χ2n) is 4.52. The molecule has 0 aliphatic carbocycles.